The number of carbonyl (C=O) groups is 2. The summed E-state index contributed by atoms with van der Waals surface area (Å²) < 4.78 is 14.1. The molecule has 3 aromatic rings. The second kappa shape index (κ2) is 9.26. The van der Waals surface area contributed by atoms with Crippen molar-refractivity contribution < 1.29 is 24.2 Å². The van der Waals surface area contributed by atoms with Crippen LogP contribution in [0.2, 0.25) is 0 Å². The first-order chi connectivity index (χ1) is 15.6. The summed E-state index contributed by atoms with van der Waals surface area (Å²) in [7, 11) is 0. The lowest BCUT2D eigenvalue weighted by Crippen LogP contribution is -2.41. The number of amides is 2. The normalized spacial score (nSPS) is 18.1. The summed E-state index contributed by atoms with van der Waals surface area (Å²) in [6.45, 7) is 5.59. The van der Waals surface area contributed by atoms with E-state index in [2.05, 4.69) is 32.6 Å². The van der Waals surface area contributed by atoms with Crippen molar-refractivity contribution in [1.82, 2.24) is 14.5 Å². The minimum absolute atomic E-state index is 0.0129. The molecule has 1 aliphatic rings. The molecule has 174 valence electrons. The van der Waals surface area contributed by atoms with Crippen LogP contribution in [0.15, 0.2) is 42.9 Å². The summed E-state index contributed by atoms with van der Waals surface area (Å²) in [5.41, 5.74) is 0.859. The first kappa shape index (κ1) is 23.4. The van der Waals surface area contributed by atoms with Crippen LogP contribution >= 0.6 is 22.6 Å². The molecule has 2 amide bonds. The van der Waals surface area contributed by atoms with Crippen LogP contribution in [0.5, 0.6) is 0 Å². The molecule has 10 heteroatoms. The highest BCUT2D eigenvalue weighted by atomic mass is 127. The van der Waals surface area contributed by atoms with Gasteiger partial charge in [0, 0.05) is 15.8 Å². The van der Waals surface area contributed by atoms with E-state index in [0.717, 1.165) is 22.0 Å². The number of carbonyl (C=O) groups excluding carboxylic acids is 1. The highest BCUT2D eigenvalue weighted by molar-refractivity contribution is 14.1. The van der Waals surface area contributed by atoms with Gasteiger partial charge in [0.2, 0.25) is 0 Å². The Morgan fingerprint density at radius 1 is 1.21 bits per heavy atom. The summed E-state index contributed by atoms with van der Waals surface area (Å²) in [6, 6.07) is 10.2. The maximum absolute atomic E-state index is 12.6. The number of hydrogen-bond donors (Lipinski definition) is 1. The molecule has 1 N–H and O–H groups in total. The fourth-order valence-corrected chi connectivity index (χ4v) is 4.51. The lowest BCUT2D eigenvalue weighted by atomic mass is 9.89. The zero-order valence-corrected chi connectivity index (χ0v) is 20.7. The Morgan fingerprint density at radius 2 is 1.91 bits per heavy atom. The molecule has 1 aliphatic carbocycles. The van der Waals surface area contributed by atoms with E-state index < -0.39 is 17.8 Å². The molecular formula is C23H25IN4O5. The van der Waals surface area contributed by atoms with Crippen LogP contribution < -0.4 is 4.90 Å². The van der Waals surface area contributed by atoms with Crippen LogP contribution in [-0.2, 0) is 16.1 Å². The number of hydrogen-bond acceptors (Lipinski definition) is 6. The van der Waals surface area contributed by atoms with E-state index in [0.29, 0.717) is 22.5 Å². The molecule has 1 saturated carbocycles. The molecule has 0 unspecified atom stereocenters. The van der Waals surface area contributed by atoms with Gasteiger partial charge < -0.3 is 19.1 Å². The zero-order valence-electron chi connectivity index (χ0n) is 18.6. The smallest absolute Gasteiger partial charge is 0.425 e. The van der Waals surface area contributed by atoms with E-state index in [-0.39, 0.29) is 18.0 Å². The Kier molecular flexibility index (Phi) is 6.57. The topological polar surface area (TPSA) is 107 Å². The van der Waals surface area contributed by atoms with E-state index in [4.69, 9.17) is 9.47 Å². The minimum Gasteiger partial charge on any atom is -0.464 e. The number of carboxylic acid groups (broad SMARTS) is 1. The fourth-order valence-electron chi connectivity index (χ4n) is 3.72. The fraction of sp³-hybridized carbons (Fsp3) is 0.391. The van der Waals surface area contributed by atoms with Crippen LogP contribution in [0.1, 0.15) is 45.2 Å². The van der Waals surface area contributed by atoms with E-state index in [1.165, 1.54) is 6.33 Å². The van der Waals surface area contributed by atoms with Crippen molar-refractivity contribution in [2.45, 2.75) is 58.0 Å². The van der Waals surface area contributed by atoms with Crippen LogP contribution in [0.25, 0.3) is 11.0 Å². The van der Waals surface area contributed by atoms with Gasteiger partial charge in [0.1, 0.15) is 17.6 Å². The van der Waals surface area contributed by atoms with Crippen molar-refractivity contribution in [1.29, 1.82) is 0 Å². The standard InChI is InChI=1S/C23H25IN4O5/c1-23(2,3)33-22(31)28(21(29)30)20-18-17(24)11-27(19(18)25-13-26-20)15-9-16(10-15)32-12-14-7-5-4-6-8-14/h4-8,11,13,15-16H,9-10,12H2,1-3H3,(H,29,30). The number of halogens is 1. The van der Waals surface area contributed by atoms with Crippen molar-refractivity contribution in [2.75, 3.05) is 4.90 Å². The van der Waals surface area contributed by atoms with Gasteiger partial charge in [-0.15, -0.1) is 0 Å². The monoisotopic (exact) mass is 564 g/mol. The van der Waals surface area contributed by atoms with Crippen molar-refractivity contribution in [2.24, 2.45) is 0 Å². The molecule has 0 atom stereocenters. The Bertz CT molecular complexity index is 1170. The maximum Gasteiger partial charge on any atom is 0.425 e. The van der Waals surface area contributed by atoms with Gasteiger partial charge in [0.05, 0.1) is 18.1 Å². The predicted octanol–water partition coefficient (Wildman–Crippen LogP) is 5.38. The van der Waals surface area contributed by atoms with Gasteiger partial charge >= 0.3 is 12.2 Å². The van der Waals surface area contributed by atoms with Crippen molar-refractivity contribution in [3.63, 3.8) is 0 Å². The zero-order chi connectivity index (χ0) is 23.8. The number of rotatable bonds is 5. The number of anilines is 1. The van der Waals surface area contributed by atoms with Gasteiger partial charge in [0.25, 0.3) is 0 Å². The average molecular weight is 564 g/mol. The predicted molar refractivity (Wildman–Crippen MR) is 130 cm³/mol. The molecule has 2 heterocycles. The summed E-state index contributed by atoms with van der Waals surface area (Å²) in [6.07, 6.45) is 2.50. The number of benzene rings is 1. The van der Waals surface area contributed by atoms with E-state index in [1.807, 2.05) is 41.1 Å². The Morgan fingerprint density at radius 3 is 2.55 bits per heavy atom. The number of fused-ring (bicyclic) bond motifs is 1. The van der Waals surface area contributed by atoms with E-state index in [9.17, 15) is 14.7 Å². The van der Waals surface area contributed by atoms with Crippen molar-refractivity contribution in [3.8, 4) is 0 Å². The molecule has 33 heavy (non-hydrogen) atoms. The molecule has 1 fully saturated rings. The number of aromatic nitrogens is 3. The molecular weight excluding hydrogens is 539 g/mol. The van der Waals surface area contributed by atoms with Gasteiger partial charge in [-0.05, 0) is 61.8 Å². The molecule has 2 aromatic heterocycles. The third-order valence-electron chi connectivity index (χ3n) is 5.31. The SMILES string of the molecule is CC(C)(C)OC(=O)N(C(=O)O)c1ncnc2c1c(I)cn2C1CC(OCc2ccccc2)C1. The first-order valence-corrected chi connectivity index (χ1v) is 11.6. The van der Waals surface area contributed by atoms with Gasteiger partial charge in [0.15, 0.2) is 5.82 Å². The molecule has 0 aliphatic heterocycles. The van der Waals surface area contributed by atoms with Gasteiger partial charge in [-0.1, -0.05) is 30.3 Å². The molecule has 0 saturated heterocycles. The quantitative estimate of drug-likeness (QED) is 0.415. The minimum atomic E-state index is -1.47. The van der Waals surface area contributed by atoms with Gasteiger partial charge in [-0.3, -0.25) is 0 Å². The largest absolute Gasteiger partial charge is 0.464 e. The van der Waals surface area contributed by atoms with Gasteiger partial charge in [-0.2, -0.15) is 4.90 Å². The maximum atomic E-state index is 12.6. The molecule has 0 bridgehead atoms. The van der Waals surface area contributed by atoms with Gasteiger partial charge in [-0.25, -0.2) is 19.6 Å². The Balaban J connectivity index is 1.55. The van der Waals surface area contributed by atoms with E-state index >= 15 is 0 Å². The van der Waals surface area contributed by atoms with Crippen LogP contribution in [-0.4, -0.2) is 43.5 Å². The second-order valence-corrected chi connectivity index (χ2v) is 10.1. The third kappa shape index (κ3) is 5.11. The molecule has 0 spiro atoms. The highest BCUT2D eigenvalue weighted by Crippen LogP contribution is 2.40. The van der Waals surface area contributed by atoms with Crippen molar-refractivity contribution in [3.05, 3.63) is 52.0 Å². The van der Waals surface area contributed by atoms with Crippen LogP contribution in [0.3, 0.4) is 0 Å². The Labute approximate surface area is 204 Å². The lowest BCUT2D eigenvalue weighted by molar-refractivity contribution is -0.0348. The van der Waals surface area contributed by atoms with Crippen LogP contribution in [0.4, 0.5) is 15.4 Å². The molecule has 1 aromatic carbocycles. The van der Waals surface area contributed by atoms with Crippen molar-refractivity contribution >= 4 is 51.6 Å². The Hall–Kier alpha value is -2.73. The molecule has 4 rings (SSSR count). The average Bonchev–Trinajstić information content (AvgIpc) is 3.03. The first-order valence-electron chi connectivity index (χ1n) is 10.6. The number of nitrogens with zero attached hydrogens (tertiary/aromatic N) is 4. The number of ether oxygens (including phenoxy) is 2. The summed E-state index contributed by atoms with van der Waals surface area (Å²) in [4.78, 5) is 33.6. The summed E-state index contributed by atoms with van der Waals surface area (Å²) in [5, 5.41) is 10.2. The molecule has 0 radical (unpaired) electrons. The van der Waals surface area contributed by atoms with Crippen LogP contribution in [0, 0.1) is 3.57 Å². The number of imide groups is 1. The third-order valence-corrected chi connectivity index (χ3v) is 6.13. The lowest BCUT2D eigenvalue weighted by Gasteiger charge is -2.36. The second-order valence-electron chi connectivity index (χ2n) is 8.92. The highest BCUT2D eigenvalue weighted by Gasteiger charge is 2.36. The molecule has 9 nitrogen and oxygen atoms in total. The van der Waals surface area contributed by atoms with E-state index in [1.54, 1.807) is 20.8 Å². The summed E-state index contributed by atoms with van der Waals surface area (Å²) in [5.74, 6) is -0.0129. The summed E-state index contributed by atoms with van der Waals surface area (Å²) >= 11 is 2.11.